The zero-order chi connectivity index (χ0) is 14.8. The molecule has 0 atom stereocenters. The van der Waals surface area contributed by atoms with Crippen LogP contribution in [0.4, 0.5) is 5.69 Å². The molecule has 0 unspecified atom stereocenters. The standard InChI is InChI=1S/C13H18Cl2N2O2S/c14-10-7-12(13(8-11(10)15)20(16,18)19)17-9-5-3-1-2-4-6-9/h7-9,17H,1-6H2,(H2,16,18,19). The maximum absolute atomic E-state index is 11.7. The lowest BCUT2D eigenvalue weighted by Gasteiger charge is -2.20. The third kappa shape index (κ3) is 4.01. The van der Waals surface area contributed by atoms with Crippen molar-refractivity contribution in [1.82, 2.24) is 0 Å². The van der Waals surface area contributed by atoms with Gasteiger partial charge in [0.25, 0.3) is 0 Å². The van der Waals surface area contributed by atoms with E-state index in [4.69, 9.17) is 28.3 Å². The molecular formula is C13H18Cl2N2O2S. The van der Waals surface area contributed by atoms with E-state index in [1.807, 2.05) is 0 Å². The molecule has 4 nitrogen and oxygen atoms in total. The molecule has 3 N–H and O–H groups in total. The average molecular weight is 337 g/mol. The number of nitrogens with one attached hydrogen (secondary N) is 1. The summed E-state index contributed by atoms with van der Waals surface area (Å²) in [6.07, 6.45) is 6.77. The largest absolute Gasteiger partial charge is 0.381 e. The first-order valence-electron chi connectivity index (χ1n) is 6.66. The van der Waals surface area contributed by atoms with Crippen molar-refractivity contribution in [2.24, 2.45) is 5.14 Å². The van der Waals surface area contributed by atoms with Crippen LogP contribution in [0.15, 0.2) is 17.0 Å². The summed E-state index contributed by atoms with van der Waals surface area (Å²) in [7, 11) is -3.84. The number of hydrogen-bond donors (Lipinski definition) is 2. The predicted molar refractivity (Wildman–Crippen MR) is 82.9 cm³/mol. The minimum Gasteiger partial charge on any atom is -0.381 e. The van der Waals surface area contributed by atoms with Gasteiger partial charge in [0.2, 0.25) is 10.0 Å². The summed E-state index contributed by atoms with van der Waals surface area (Å²) in [6, 6.07) is 3.09. The molecule has 0 bridgehead atoms. The molecule has 1 saturated carbocycles. The third-order valence-corrected chi connectivity index (χ3v) is 5.22. The maximum Gasteiger partial charge on any atom is 0.240 e. The molecule has 0 spiro atoms. The zero-order valence-electron chi connectivity index (χ0n) is 11.0. The van der Waals surface area contributed by atoms with Gasteiger partial charge in [-0.05, 0) is 25.0 Å². The molecule has 1 aliphatic rings. The number of primary sulfonamides is 1. The van der Waals surface area contributed by atoms with Crippen LogP contribution in [0.25, 0.3) is 0 Å². The molecule has 20 heavy (non-hydrogen) atoms. The normalized spacial score (nSPS) is 17.8. The highest BCUT2D eigenvalue weighted by Crippen LogP contribution is 2.33. The molecule has 0 heterocycles. The molecule has 0 saturated heterocycles. The van der Waals surface area contributed by atoms with E-state index in [2.05, 4.69) is 5.32 Å². The second kappa shape index (κ2) is 6.52. The highest BCUT2D eigenvalue weighted by atomic mass is 35.5. The molecule has 1 aromatic carbocycles. The molecule has 1 aliphatic carbocycles. The first-order valence-corrected chi connectivity index (χ1v) is 8.96. The Morgan fingerprint density at radius 1 is 1.05 bits per heavy atom. The molecule has 7 heteroatoms. The highest BCUT2D eigenvalue weighted by Gasteiger charge is 2.20. The summed E-state index contributed by atoms with van der Waals surface area (Å²) >= 11 is 11.9. The fourth-order valence-electron chi connectivity index (χ4n) is 2.52. The van der Waals surface area contributed by atoms with E-state index < -0.39 is 10.0 Å². The van der Waals surface area contributed by atoms with Gasteiger partial charge in [-0.2, -0.15) is 0 Å². The van der Waals surface area contributed by atoms with Crippen molar-refractivity contribution in [2.45, 2.75) is 49.5 Å². The van der Waals surface area contributed by atoms with E-state index in [1.165, 1.54) is 25.0 Å². The summed E-state index contributed by atoms with van der Waals surface area (Å²) in [5.41, 5.74) is 0.439. The van der Waals surface area contributed by atoms with Crippen molar-refractivity contribution in [3.63, 3.8) is 0 Å². The van der Waals surface area contributed by atoms with Crippen molar-refractivity contribution in [2.75, 3.05) is 5.32 Å². The molecule has 0 amide bonds. The number of hydrogen-bond acceptors (Lipinski definition) is 3. The smallest absolute Gasteiger partial charge is 0.240 e. The van der Waals surface area contributed by atoms with Crippen LogP contribution in [0.1, 0.15) is 38.5 Å². The Balaban J connectivity index is 2.32. The fraction of sp³-hybridized carbons (Fsp3) is 0.538. The van der Waals surface area contributed by atoms with Crippen LogP contribution in [0.5, 0.6) is 0 Å². The second-order valence-corrected chi connectivity index (χ2v) is 7.48. The minimum absolute atomic E-state index is 0.00357. The lowest BCUT2D eigenvalue weighted by atomic mass is 10.1. The Morgan fingerprint density at radius 2 is 1.60 bits per heavy atom. The van der Waals surface area contributed by atoms with Gasteiger partial charge in [-0.1, -0.05) is 48.9 Å². The van der Waals surface area contributed by atoms with Gasteiger partial charge in [0.1, 0.15) is 4.90 Å². The van der Waals surface area contributed by atoms with Gasteiger partial charge >= 0.3 is 0 Å². The Labute approximate surface area is 129 Å². The van der Waals surface area contributed by atoms with Gasteiger partial charge in [0.05, 0.1) is 15.7 Å². The van der Waals surface area contributed by atoms with Gasteiger partial charge in [-0.25, -0.2) is 13.6 Å². The molecule has 2 rings (SSSR count). The molecule has 1 aromatic rings. The van der Waals surface area contributed by atoms with Gasteiger partial charge < -0.3 is 5.32 Å². The van der Waals surface area contributed by atoms with Crippen LogP contribution in [-0.2, 0) is 10.0 Å². The van der Waals surface area contributed by atoms with Gasteiger partial charge in [-0.15, -0.1) is 0 Å². The van der Waals surface area contributed by atoms with E-state index in [-0.39, 0.29) is 16.0 Å². The van der Waals surface area contributed by atoms with Crippen LogP contribution >= 0.6 is 23.2 Å². The summed E-state index contributed by atoms with van der Waals surface area (Å²) in [6.45, 7) is 0. The monoisotopic (exact) mass is 336 g/mol. The van der Waals surface area contributed by atoms with Crippen LogP contribution in [-0.4, -0.2) is 14.5 Å². The van der Waals surface area contributed by atoms with E-state index in [1.54, 1.807) is 0 Å². The van der Waals surface area contributed by atoms with Crippen LogP contribution in [0, 0.1) is 0 Å². The van der Waals surface area contributed by atoms with Crippen molar-refractivity contribution in [3.8, 4) is 0 Å². The Morgan fingerprint density at radius 3 is 2.15 bits per heavy atom. The minimum atomic E-state index is -3.84. The van der Waals surface area contributed by atoms with Crippen molar-refractivity contribution in [1.29, 1.82) is 0 Å². The topological polar surface area (TPSA) is 72.2 Å². The number of sulfonamides is 1. The number of halogens is 2. The van der Waals surface area contributed by atoms with Gasteiger partial charge in [-0.3, -0.25) is 0 Å². The quantitative estimate of drug-likeness (QED) is 0.825. The highest BCUT2D eigenvalue weighted by molar-refractivity contribution is 7.89. The SMILES string of the molecule is NS(=O)(=O)c1cc(Cl)c(Cl)cc1NC1CCCCCC1. The first kappa shape index (κ1) is 15.9. The van der Waals surface area contributed by atoms with E-state index in [0.717, 1.165) is 25.7 Å². The Kier molecular flexibility index (Phi) is 5.18. The molecular weight excluding hydrogens is 319 g/mol. The Hall–Kier alpha value is -0.490. The molecule has 0 aromatic heterocycles. The molecule has 112 valence electrons. The Bertz CT molecular complexity index is 582. The molecule has 0 radical (unpaired) electrons. The number of rotatable bonds is 3. The third-order valence-electron chi connectivity index (χ3n) is 3.54. The number of nitrogens with two attached hydrogens (primary N) is 1. The maximum atomic E-state index is 11.7. The van der Waals surface area contributed by atoms with Gasteiger partial charge in [0.15, 0.2) is 0 Å². The van der Waals surface area contributed by atoms with Crippen LogP contribution < -0.4 is 10.5 Å². The van der Waals surface area contributed by atoms with Crippen molar-refractivity contribution < 1.29 is 8.42 Å². The molecule has 0 aliphatic heterocycles. The van der Waals surface area contributed by atoms with E-state index in [9.17, 15) is 8.42 Å². The fourth-order valence-corrected chi connectivity index (χ4v) is 3.62. The van der Waals surface area contributed by atoms with Gasteiger partial charge in [0, 0.05) is 6.04 Å². The number of anilines is 1. The van der Waals surface area contributed by atoms with E-state index >= 15 is 0 Å². The van der Waals surface area contributed by atoms with Crippen molar-refractivity contribution >= 4 is 38.9 Å². The van der Waals surface area contributed by atoms with Crippen molar-refractivity contribution in [3.05, 3.63) is 22.2 Å². The zero-order valence-corrected chi connectivity index (χ0v) is 13.4. The lowest BCUT2D eigenvalue weighted by Crippen LogP contribution is -2.22. The summed E-state index contributed by atoms with van der Waals surface area (Å²) in [4.78, 5) is -0.00357. The van der Waals surface area contributed by atoms with E-state index in [0.29, 0.717) is 10.7 Å². The predicted octanol–water partition coefficient (Wildman–Crippen LogP) is 3.78. The van der Waals surface area contributed by atoms with Crippen LogP contribution in [0.2, 0.25) is 10.0 Å². The van der Waals surface area contributed by atoms with Crippen LogP contribution in [0.3, 0.4) is 0 Å². The molecule has 1 fully saturated rings. The number of benzene rings is 1. The summed E-state index contributed by atoms with van der Waals surface area (Å²) in [5, 5.41) is 9.00. The first-order chi connectivity index (χ1) is 9.38. The second-order valence-electron chi connectivity index (χ2n) is 5.14. The average Bonchev–Trinajstić information content (AvgIpc) is 2.60. The summed E-state index contributed by atoms with van der Waals surface area (Å²) < 4.78 is 23.3. The summed E-state index contributed by atoms with van der Waals surface area (Å²) in [5.74, 6) is 0. The lowest BCUT2D eigenvalue weighted by molar-refractivity contribution is 0.596.